The van der Waals surface area contributed by atoms with Gasteiger partial charge in [-0.1, -0.05) is 19.9 Å². The van der Waals surface area contributed by atoms with Crippen molar-refractivity contribution in [1.82, 2.24) is 9.80 Å². The molecule has 0 spiro atoms. The van der Waals surface area contributed by atoms with Gasteiger partial charge in [0, 0.05) is 25.7 Å². The normalized spacial score (nSPS) is 21.6. The van der Waals surface area contributed by atoms with Gasteiger partial charge >= 0.3 is 0 Å². The Bertz CT molecular complexity index is 572. The molecule has 0 amide bonds. The minimum atomic E-state index is 0.298. The monoisotopic (exact) mass is 362 g/mol. The number of rotatable bonds is 8. The Morgan fingerprint density at radius 1 is 1.31 bits per heavy atom. The number of methoxy groups -OCH3 is 1. The fourth-order valence-corrected chi connectivity index (χ4v) is 4.34. The third kappa shape index (κ3) is 5.21. The lowest BCUT2D eigenvalue weighted by Crippen LogP contribution is -2.48. The standard InChI is InChI=1S/C22H38N2O2/c1-16(2)20-13-19(17(3)12-22(20)26-6)15-24-10-9-21(23(4)5)18(14-24)8-7-11-25/h12-13,16,18,21,25H,7-11,14-15H2,1-6H3/t18-,21+/m0/s1. The lowest BCUT2D eigenvalue weighted by molar-refractivity contribution is 0.0716. The number of hydrogen-bond donors (Lipinski definition) is 1. The third-order valence-electron chi connectivity index (χ3n) is 5.88. The van der Waals surface area contributed by atoms with E-state index in [1.165, 1.54) is 23.1 Å². The summed E-state index contributed by atoms with van der Waals surface area (Å²) in [6.07, 6.45) is 3.21. The molecule has 4 nitrogen and oxygen atoms in total. The van der Waals surface area contributed by atoms with Crippen LogP contribution in [-0.4, -0.2) is 61.8 Å². The molecule has 4 heteroatoms. The fraction of sp³-hybridized carbons (Fsp3) is 0.727. The number of aliphatic hydroxyl groups is 1. The van der Waals surface area contributed by atoms with Gasteiger partial charge in [0.15, 0.2) is 0 Å². The van der Waals surface area contributed by atoms with E-state index in [9.17, 15) is 5.11 Å². The van der Waals surface area contributed by atoms with E-state index in [2.05, 4.69) is 56.8 Å². The van der Waals surface area contributed by atoms with Crippen LogP contribution in [-0.2, 0) is 6.54 Å². The average molecular weight is 363 g/mol. The number of likely N-dealkylation sites (tertiary alicyclic amines) is 1. The van der Waals surface area contributed by atoms with E-state index in [0.717, 1.165) is 38.2 Å². The largest absolute Gasteiger partial charge is 0.496 e. The van der Waals surface area contributed by atoms with Crippen molar-refractivity contribution in [1.29, 1.82) is 0 Å². The number of aryl methyl sites for hydroxylation is 1. The lowest BCUT2D eigenvalue weighted by atomic mass is 9.87. The quantitative estimate of drug-likeness (QED) is 0.766. The summed E-state index contributed by atoms with van der Waals surface area (Å²) in [6.45, 7) is 10.2. The molecule has 0 unspecified atom stereocenters. The minimum absolute atomic E-state index is 0.298. The van der Waals surface area contributed by atoms with Gasteiger partial charge in [-0.2, -0.15) is 0 Å². The van der Waals surface area contributed by atoms with Crippen molar-refractivity contribution in [2.75, 3.05) is 40.9 Å². The summed E-state index contributed by atoms with van der Waals surface area (Å²) in [5.74, 6) is 2.10. The molecule has 26 heavy (non-hydrogen) atoms. The fourth-order valence-electron chi connectivity index (χ4n) is 4.34. The predicted octanol–water partition coefficient (Wildman–Crippen LogP) is 3.65. The summed E-state index contributed by atoms with van der Waals surface area (Å²) < 4.78 is 5.59. The van der Waals surface area contributed by atoms with Crippen LogP contribution in [0.3, 0.4) is 0 Å². The van der Waals surface area contributed by atoms with Crippen LogP contribution in [0.1, 0.15) is 55.7 Å². The SMILES string of the molecule is COc1cc(C)c(CN2CC[C@@H](N(C)C)[C@@H](CCCO)C2)cc1C(C)C. The Morgan fingerprint density at radius 3 is 2.62 bits per heavy atom. The van der Waals surface area contributed by atoms with Crippen molar-refractivity contribution in [3.63, 3.8) is 0 Å². The van der Waals surface area contributed by atoms with Gasteiger partial charge in [0.25, 0.3) is 0 Å². The van der Waals surface area contributed by atoms with E-state index in [-0.39, 0.29) is 0 Å². The highest BCUT2D eigenvalue weighted by atomic mass is 16.5. The van der Waals surface area contributed by atoms with Gasteiger partial charge < -0.3 is 14.7 Å². The number of piperidine rings is 1. The van der Waals surface area contributed by atoms with Crippen molar-refractivity contribution >= 4 is 0 Å². The maximum absolute atomic E-state index is 9.25. The first-order chi connectivity index (χ1) is 12.4. The smallest absolute Gasteiger partial charge is 0.122 e. The van der Waals surface area contributed by atoms with Gasteiger partial charge in [0.05, 0.1) is 7.11 Å². The molecule has 1 saturated heterocycles. The molecule has 0 bridgehead atoms. The Balaban J connectivity index is 2.14. The van der Waals surface area contributed by atoms with Gasteiger partial charge in [0.1, 0.15) is 5.75 Å². The van der Waals surface area contributed by atoms with Gasteiger partial charge in [0.2, 0.25) is 0 Å². The van der Waals surface area contributed by atoms with Crippen LogP contribution in [0, 0.1) is 12.8 Å². The van der Waals surface area contributed by atoms with Gasteiger partial charge in [-0.15, -0.1) is 0 Å². The molecule has 1 fully saturated rings. The summed E-state index contributed by atoms with van der Waals surface area (Å²) in [7, 11) is 6.14. The molecule has 1 aliphatic rings. The molecule has 2 rings (SSSR count). The van der Waals surface area contributed by atoms with E-state index < -0.39 is 0 Å². The summed E-state index contributed by atoms with van der Waals surface area (Å²) >= 11 is 0. The first-order valence-electron chi connectivity index (χ1n) is 10.0. The average Bonchev–Trinajstić information content (AvgIpc) is 2.60. The predicted molar refractivity (Wildman–Crippen MR) is 109 cm³/mol. The van der Waals surface area contributed by atoms with E-state index >= 15 is 0 Å². The summed E-state index contributed by atoms with van der Waals surface area (Å²) in [6, 6.07) is 5.17. The maximum atomic E-state index is 9.25. The molecule has 0 aromatic heterocycles. The first-order valence-corrected chi connectivity index (χ1v) is 10.0. The zero-order valence-corrected chi connectivity index (χ0v) is 17.6. The van der Waals surface area contributed by atoms with E-state index in [0.29, 0.717) is 24.5 Å². The van der Waals surface area contributed by atoms with Crippen molar-refractivity contribution in [3.8, 4) is 5.75 Å². The van der Waals surface area contributed by atoms with E-state index in [1.807, 2.05) is 0 Å². The molecule has 0 aliphatic carbocycles. The highest BCUT2D eigenvalue weighted by Crippen LogP contribution is 2.31. The Hall–Kier alpha value is -1.10. The molecule has 1 aliphatic heterocycles. The van der Waals surface area contributed by atoms with Gasteiger partial charge in [-0.25, -0.2) is 0 Å². The second-order valence-corrected chi connectivity index (χ2v) is 8.36. The van der Waals surface area contributed by atoms with Gasteiger partial charge in [-0.05, 0) is 81.4 Å². The van der Waals surface area contributed by atoms with Crippen LogP contribution >= 0.6 is 0 Å². The topological polar surface area (TPSA) is 35.9 Å². The molecule has 148 valence electrons. The molecule has 1 aromatic carbocycles. The Morgan fingerprint density at radius 2 is 2.04 bits per heavy atom. The number of aliphatic hydroxyl groups excluding tert-OH is 1. The number of nitrogens with zero attached hydrogens (tertiary/aromatic N) is 2. The first kappa shape index (κ1) is 21.2. The number of ether oxygens (including phenoxy) is 1. The Kier molecular flexibility index (Phi) is 7.93. The Labute approximate surface area is 160 Å². The highest BCUT2D eigenvalue weighted by Gasteiger charge is 2.30. The third-order valence-corrected chi connectivity index (χ3v) is 5.88. The van der Waals surface area contributed by atoms with Crippen molar-refractivity contribution < 1.29 is 9.84 Å². The second kappa shape index (κ2) is 9.72. The number of benzene rings is 1. The van der Waals surface area contributed by atoms with Crippen LogP contribution in [0.2, 0.25) is 0 Å². The van der Waals surface area contributed by atoms with Crippen molar-refractivity contribution in [2.24, 2.45) is 5.92 Å². The summed E-state index contributed by atoms with van der Waals surface area (Å²) in [5.41, 5.74) is 4.03. The van der Waals surface area contributed by atoms with Crippen LogP contribution in [0.25, 0.3) is 0 Å². The van der Waals surface area contributed by atoms with Crippen molar-refractivity contribution in [3.05, 3.63) is 28.8 Å². The molecule has 1 heterocycles. The molecule has 2 atom stereocenters. The van der Waals surface area contributed by atoms with Crippen LogP contribution in [0.15, 0.2) is 12.1 Å². The number of hydrogen-bond acceptors (Lipinski definition) is 4. The molecular formula is C22H38N2O2. The minimum Gasteiger partial charge on any atom is -0.496 e. The highest BCUT2D eigenvalue weighted by molar-refractivity contribution is 5.44. The summed E-state index contributed by atoms with van der Waals surface area (Å²) in [4.78, 5) is 4.97. The van der Waals surface area contributed by atoms with Crippen LogP contribution in [0.5, 0.6) is 5.75 Å². The van der Waals surface area contributed by atoms with Crippen LogP contribution < -0.4 is 4.74 Å². The maximum Gasteiger partial charge on any atom is 0.122 e. The summed E-state index contributed by atoms with van der Waals surface area (Å²) in [5, 5.41) is 9.25. The van der Waals surface area contributed by atoms with Crippen molar-refractivity contribution in [2.45, 2.75) is 58.5 Å². The molecular weight excluding hydrogens is 324 g/mol. The lowest BCUT2D eigenvalue weighted by Gasteiger charge is -2.42. The molecule has 0 radical (unpaired) electrons. The molecule has 1 aromatic rings. The second-order valence-electron chi connectivity index (χ2n) is 8.36. The van der Waals surface area contributed by atoms with Gasteiger partial charge in [-0.3, -0.25) is 4.90 Å². The van der Waals surface area contributed by atoms with Crippen LogP contribution in [0.4, 0.5) is 0 Å². The molecule has 0 saturated carbocycles. The van der Waals surface area contributed by atoms with E-state index in [4.69, 9.17) is 4.74 Å². The zero-order valence-electron chi connectivity index (χ0n) is 17.6. The zero-order chi connectivity index (χ0) is 19.3. The van der Waals surface area contributed by atoms with E-state index in [1.54, 1.807) is 7.11 Å². The molecule has 1 N–H and O–H groups in total.